The lowest BCUT2D eigenvalue weighted by Crippen LogP contribution is -2.42. The molecule has 0 nitrogen and oxygen atoms in total. The highest BCUT2D eigenvalue weighted by Crippen LogP contribution is 2.53. The summed E-state index contributed by atoms with van der Waals surface area (Å²) in [6, 6.07) is 16.3. The standard InChI is InChI=1S/C19H21F3Si/c1-23(2,17-6-4-3-5-7-17)18-13-15(18)12-14-8-10-16(11-9-14)19(20,21)22/h3-11,15,18H,12-13H2,1-2H3. The van der Waals surface area contributed by atoms with Crippen molar-refractivity contribution >= 4 is 13.3 Å². The van der Waals surface area contributed by atoms with Crippen LogP contribution in [-0.4, -0.2) is 8.07 Å². The van der Waals surface area contributed by atoms with Crippen LogP contribution in [-0.2, 0) is 12.6 Å². The van der Waals surface area contributed by atoms with Gasteiger partial charge in [-0.1, -0.05) is 60.7 Å². The molecule has 0 bridgehead atoms. The van der Waals surface area contributed by atoms with Crippen molar-refractivity contribution in [2.24, 2.45) is 5.92 Å². The summed E-state index contributed by atoms with van der Waals surface area (Å²) in [7, 11) is -1.48. The quantitative estimate of drug-likeness (QED) is 0.670. The first-order chi connectivity index (χ1) is 10.8. The van der Waals surface area contributed by atoms with Crippen LogP contribution in [0.3, 0.4) is 0 Å². The Balaban J connectivity index is 1.65. The smallest absolute Gasteiger partial charge is 0.166 e. The number of halogens is 3. The fourth-order valence-corrected chi connectivity index (χ4v) is 7.24. The predicted octanol–water partition coefficient (Wildman–Crippen LogP) is 5.25. The molecule has 0 heterocycles. The van der Waals surface area contributed by atoms with Gasteiger partial charge in [0, 0.05) is 0 Å². The van der Waals surface area contributed by atoms with E-state index in [4.69, 9.17) is 0 Å². The zero-order valence-electron chi connectivity index (χ0n) is 13.4. The van der Waals surface area contributed by atoms with Crippen LogP contribution >= 0.6 is 0 Å². The third-order valence-electron chi connectivity index (χ3n) is 5.15. The number of alkyl halides is 3. The van der Waals surface area contributed by atoms with E-state index in [1.54, 1.807) is 12.1 Å². The molecule has 122 valence electrons. The molecule has 0 spiro atoms. The summed E-state index contributed by atoms with van der Waals surface area (Å²) in [6.07, 6.45) is -2.15. The van der Waals surface area contributed by atoms with Crippen LogP contribution in [0.2, 0.25) is 18.6 Å². The normalized spacial score (nSPS) is 21.3. The average molecular weight is 334 g/mol. The van der Waals surface area contributed by atoms with E-state index in [-0.39, 0.29) is 0 Å². The molecule has 4 heteroatoms. The second-order valence-corrected chi connectivity index (χ2v) is 11.9. The van der Waals surface area contributed by atoms with E-state index in [0.29, 0.717) is 5.92 Å². The van der Waals surface area contributed by atoms with Gasteiger partial charge in [-0.3, -0.25) is 0 Å². The first-order valence-electron chi connectivity index (χ1n) is 8.00. The third-order valence-corrected chi connectivity index (χ3v) is 9.53. The summed E-state index contributed by atoms with van der Waals surface area (Å²) in [5.41, 5.74) is 1.18. The maximum Gasteiger partial charge on any atom is 0.416 e. The Morgan fingerprint density at radius 3 is 2.13 bits per heavy atom. The molecular formula is C19H21F3Si. The molecule has 0 amide bonds. The molecule has 0 N–H and O–H groups in total. The van der Waals surface area contributed by atoms with Crippen molar-refractivity contribution in [3.8, 4) is 0 Å². The lowest BCUT2D eigenvalue weighted by Gasteiger charge is -2.23. The number of benzene rings is 2. The van der Waals surface area contributed by atoms with E-state index >= 15 is 0 Å². The fraction of sp³-hybridized carbons (Fsp3) is 0.368. The fourth-order valence-electron chi connectivity index (χ4n) is 3.57. The van der Waals surface area contributed by atoms with Crippen LogP contribution in [0.1, 0.15) is 17.5 Å². The Bertz CT molecular complexity index is 659. The molecule has 23 heavy (non-hydrogen) atoms. The van der Waals surface area contributed by atoms with Crippen molar-refractivity contribution in [2.45, 2.75) is 37.7 Å². The lowest BCUT2D eigenvalue weighted by atomic mass is 10.1. The number of rotatable bonds is 4. The Morgan fingerprint density at radius 1 is 0.957 bits per heavy atom. The van der Waals surface area contributed by atoms with Gasteiger partial charge in [0.05, 0.1) is 13.6 Å². The minimum atomic E-state index is -4.25. The van der Waals surface area contributed by atoms with Crippen molar-refractivity contribution < 1.29 is 13.2 Å². The summed E-state index contributed by atoms with van der Waals surface area (Å²) in [6.45, 7) is 4.81. The average Bonchev–Trinajstić information content (AvgIpc) is 3.28. The van der Waals surface area contributed by atoms with Crippen LogP contribution in [0, 0.1) is 5.92 Å². The maximum atomic E-state index is 12.6. The molecule has 2 atom stereocenters. The highest BCUT2D eigenvalue weighted by molar-refractivity contribution is 6.91. The summed E-state index contributed by atoms with van der Waals surface area (Å²) in [5.74, 6) is 0.619. The summed E-state index contributed by atoms with van der Waals surface area (Å²) in [5, 5.41) is 1.47. The van der Waals surface area contributed by atoms with Gasteiger partial charge in [0.2, 0.25) is 0 Å². The van der Waals surface area contributed by atoms with Gasteiger partial charge in [-0.15, -0.1) is 0 Å². The maximum absolute atomic E-state index is 12.6. The summed E-state index contributed by atoms with van der Waals surface area (Å²) >= 11 is 0. The molecule has 0 aromatic heterocycles. The molecule has 2 aromatic carbocycles. The van der Waals surface area contributed by atoms with Gasteiger partial charge in [0.15, 0.2) is 0 Å². The zero-order valence-corrected chi connectivity index (χ0v) is 14.4. The van der Waals surface area contributed by atoms with Gasteiger partial charge in [0.25, 0.3) is 0 Å². The molecule has 0 aliphatic heterocycles. The van der Waals surface area contributed by atoms with Gasteiger partial charge < -0.3 is 0 Å². The van der Waals surface area contributed by atoms with Gasteiger partial charge in [-0.2, -0.15) is 13.2 Å². The molecule has 1 aliphatic carbocycles. The molecular weight excluding hydrogens is 313 g/mol. The molecule has 1 fully saturated rings. The predicted molar refractivity (Wildman–Crippen MR) is 90.6 cm³/mol. The lowest BCUT2D eigenvalue weighted by molar-refractivity contribution is -0.137. The number of hydrogen-bond acceptors (Lipinski definition) is 0. The highest BCUT2D eigenvalue weighted by Gasteiger charge is 2.49. The first-order valence-corrected chi connectivity index (χ1v) is 11.1. The minimum absolute atomic E-state index is 0.562. The highest BCUT2D eigenvalue weighted by atomic mass is 28.3. The van der Waals surface area contributed by atoms with Crippen molar-refractivity contribution in [3.63, 3.8) is 0 Å². The Labute approximate surface area is 136 Å². The van der Waals surface area contributed by atoms with Crippen LogP contribution in [0.25, 0.3) is 0 Å². The van der Waals surface area contributed by atoms with E-state index in [1.165, 1.54) is 23.7 Å². The van der Waals surface area contributed by atoms with E-state index in [9.17, 15) is 13.2 Å². The van der Waals surface area contributed by atoms with E-state index in [2.05, 4.69) is 37.4 Å². The number of hydrogen-bond donors (Lipinski definition) is 0. The monoisotopic (exact) mass is 334 g/mol. The first kappa shape index (κ1) is 16.3. The van der Waals surface area contributed by atoms with Crippen molar-refractivity contribution in [2.75, 3.05) is 0 Å². The van der Waals surface area contributed by atoms with Gasteiger partial charge in [0.1, 0.15) is 0 Å². The Kier molecular flexibility index (Phi) is 4.13. The molecule has 0 saturated heterocycles. The van der Waals surface area contributed by atoms with Gasteiger partial charge in [-0.25, -0.2) is 0 Å². The van der Waals surface area contributed by atoms with Crippen molar-refractivity contribution in [1.29, 1.82) is 0 Å². The largest absolute Gasteiger partial charge is 0.416 e. The SMILES string of the molecule is C[Si](C)(c1ccccc1)C1CC1Cc1ccc(C(F)(F)F)cc1. The van der Waals surface area contributed by atoms with E-state index in [1.807, 2.05) is 6.07 Å². The van der Waals surface area contributed by atoms with E-state index < -0.39 is 19.8 Å². The molecule has 2 aromatic rings. The van der Waals surface area contributed by atoms with Crippen molar-refractivity contribution in [3.05, 3.63) is 65.7 Å². The summed E-state index contributed by atoms with van der Waals surface area (Å²) < 4.78 is 37.8. The second kappa shape index (κ2) is 5.82. The molecule has 1 saturated carbocycles. The van der Waals surface area contributed by atoms with Gasteiger partial charge in [-0.05, 0) is 42.0 Å². The molecule has 0 radical (unpaired) electrons. The van der Waals surface area contributed by atoms with Crippen LogP contribution in [0.4, 0.5) is 13.2 Å². The van der Waals surface area contributed by atoms with Crippen LogP contribution in [0.15, 0.2) is 54.6 Å². The van der Waals surface area contributed by atoms with Crippen LogP contribution in [0.5, 0.6) is 0 Å². The minimum Gasteiger partial charge on any atom is -0.166 e. The molecule has 3 rings (SSSR count). The molecule has 1 aliphatic rings. The zero-order chi connectivity index (χ0) is 16.7. The second-order valence-electron chi connectivity index (χ2n) is 7.09. The topological polar surface area (TPSA) is 0 Å². The van der Waals surface area contributed by atoms with Crippen molar-refractivity contribution in [1.82, 2.24) is 0 Å². The van der Waals surface area contributed by atoms with Crippen LogP contribution < -0.4 is 5.19 Å². The third kappa shape index (κ3) is 3.52. The Morgan fingerprint density at radius 2 is 1.57 bits per heavy atom. The Hall–Kier alpha value is -1.55. The molecule has 2 unspecified atom stereocenters. The van der Waals surface area contributed by atoms with Gasteiger partial charge >= 0.3 is 6.18 Å². The summed E-state index contributed by atoms with van der Waals surface area (Å²) in [4.78, 5) is 0. The van der Waals surface area contributed by atoms with E-state index in [0.717, 1.165) is 17.5 Å².